The lowest BCUT2D eigenvalue weighted by Crippen LogP contribution is -2.29. The summed E-state index contributed by atoms with van der Waals surface area (Å²) in [5.41, 5.74) is 0.678. The number of hydrogen-bond acceptors (Lipinski definition) is 4. The molecule has 1 aliphatic heterocycles. The lowest BCUT2D eigenvalue weighted by atomic mass is 10.1. The minimum Gasteiger partial charge on any atom is -0.476 e. The molecule has 0 aliphatic carbocycles. The molecule has 6 heteroatoms. The molecule has 0 aromatic carbocycles. The van der Waals surface area contributed by atoms with Crippen LogP contribution in [0.1, 0.15) is 29.8 Å². The average Bonchev–Trinajstić information content (AvgIpc) is 2.72. The molecule has 1 aliphatic rings. The Kier molecular flexibility index (Phi) is 3.96. The Hall–Kier alpha value is -1.43. The van der Waals surface area contributed by atoms with Crippen LogP contribution in [0.4, 0.5) is 9.52 Å². The second kappa shape index (κ2) is 5.48. The molecule has 0 radical (unpaired) electrons. The molecule has 0 unspecified atom stereocenters. The fourth-order valence-electron chi connectivity index (χ4n) is 1.92. The van der Waals surface area contributed by atoms with Gasteiger partial charge in [-0.05, 0) is 26.2 Å². The van der Waals surface area contributed by atoms with E-state index >= 15 is 0 Å². The monoisotopic (exact) mass is 270 g/mol. The van der Waals surface area contributed by atoms with Gasteiger partial charge in [-0.25, -0.2) is 9.78 Å². The number of carboxylic acid groups (broad SMARTS) is 1. The van der Waals surface area contributed by atoms with Crippen molar-refractivity contribution >= 4 is 28.5 Å². The summed E-state index contributed by atoms with van der Waals surface area (Å²) in [6, 6.07) is 0. The van der Waals surface area contributed by atoms with E-state index in [0.29, 0.717) is 10.6 Å². The van der Waals surface area contributed by atoms with E-state index in [1.54, 1.807) is 6.92 Å². The zero-order valence-electron chi connectivity index (χ0n) is 10.1. The summed E-state index contributed by atoms with van der Waals surface area (Å²) >= 11 is 1.35. The van der Waals surface area contributed by atoms with Crippen LogP contribution in [0.3, 0.4) is 0 Å². The Morgan fingerprint density at radius 1 is 1.44 bits per heavy atom. The second-order valence-electron chi connectivity index (χ2n) is 4.29. The molecule has 0 bridgehead atoms. The van der Waals surface area contributed by atoms with Gasteiger partial charge < -0.3 is 10.0 Å². The van der Waals surface area contributed by atoms with Crippen LogP contribution in [0.25, 0.3) is 6.08 Å². The Labute approximate surface area is 109 Å². The van der Waals surface area contributed by atoms with Crippen molar-refractivity contribution in [2.75, 3.05) is 18.0 Å². The van der Waals surface area contributed by atoms with E-state index in [-0.39, 0.29) is 0 Å². The van der Waals surface area contributed by atoms with E-state index in [9.17, 15) is 9.18 Å². The summed E-state index contributed by atoms with van der Waals surface area (Å²) in [5.74, 6) is -2.69. The van der Waals surface area contributed by atoms with E-state index in [1.807, 2.05) is 0 Å². The minimum absolute atomic E-state index is 0.579. The van der Waals surface area contributed by atoms with Crippen molar-refractivity contribution in [1.82, 2.24) is 4.98 Å². The van der Waals surface area contributed by atoms with Crippen molar-refractivity contribution in [3.63, 3.8) is 0 Å². The van der Waals surface area contributed by atoms with Gasteiger partial charge in [0.1, 0.15) is 0 Å². The molecule has 4 nitrogen and oxygen atoms in total. The molecule has 1 aromatic heterocycles. The van der Waals surface area contributed by atoms with Gasteiger partial charge in [-0.2, -0.15) is 4.39 Å². The third-order valence-corrected chi connectivity index (χ3v) is 4.08. The van der Waals surface area contributed by atoms with Gasteiger partial charge in [0.25, 0.3) is 0 Å². The highest BCUT2D eigenvalue weighted by atomic mass is 32.1. The Balaban J connectivity index is 2.21. The first-order valence-electron chi connectivity index (χ1n) is 5.91. The molecule has 1 aromatic rings. The first-order chi connectivity index (χ1) is 8.58. The number of carboxylic acids is 1. The predicted molar refractivity (Wildman–Crippen MR) is 69.6 cm³/mol. The van der Waals surface area contributed by atoms with Gasteiger partial charge in [-0.15, -0.1) is 0 Å². The zero-order chi connectivity index (χ0) is 13.1. The Morgan fingerprint density at radius 2 is 2.11 bits per heavy atom. The number of hydrogen-bond donors (Lipinski definition) is 1. The number of aliphatic carboxylic acids is 1. The summed E-state index contributed by atoms with van der Waals surface area (Å²) in [6.45, 7) is 3.71. The maximum atomic E-state index is 13.1. The quantitative estimate of drug-likeness (QED) is 0.858. The van der Waals surface area contributed by atoms with E-state index in [0.717, 1.165) is 37.1 Å². The molecule has 1 fully saturated rings. The smallest absolute Gasteiger partial charge is 0.364 e. The highest BCUT2D eigenvalue weighted by Crippen LogP contribution is 2.29. The van der Waals surface area contributed by atoms with Crippen LogP contribution in [0.15, 0.2) is 5.83 Å². The number of thiazole rings is 1. The van der Waals surface area contributed by atoms with Crippen LogP contribution in [0.2, 0.25) is 0 Å². The van der Waals surface area contributed by atoms with Gasteiger partial charge in [-0.1, -0.05) is 11.3 Å². The molecular formula is C12H15FN2O2S. The summed E-state index contributed by atoms with van der Waals surface area (Å²) in [6.07, 6.45) is 4.57. The average molecular weight is 270 g/mol. The van der Waals surface area contributed by atoms with Crippen LogP contribution < -0.4 is 4.90 Å². The Bertz CT molecular complexity index is 478. The normalized spacial score (nSPS) is 17.0. The van der Waals surface area contributed by atoms with Crippen LogP contribution in [0.5, 0.6) is 0 Å². The topological polar surface area (TPSA) is 53.4 Å². The molecule has 2 rings (SSSR count). The van der Waals surface area contributed by atoms with Crippen molar-refractivity contribution in [2.24, 2.45) is 0 Å². The molecule has 0 atom stereocenters. The third kappa shape index (κ3) is 2.87. The predicted octanol–water partition coefficient (Wildman–Crippen LogP) is 2.84. The fourth-order valence-corrected chi connectivity index (χ4v) is 2.97. The number of aryl methyl sites for hydroxylation is 1. The van der Waals surface area contributed by atoms with Crippen LogP contribution in [-0.4, -0.2) is 29.1 Å². The van der Waals surface area contributed by atoms with Crippen LogP contribution >= 0.6 is 11.3 Å². The van der Waals surface area contributed by atoms with Crippen LogP contribution in [-0.2, 0) is 4.79 Å². The summed E-state index contributed by atoms with van der Waals surface area (Å²) in [4.78, 5) is 17.6. The summed E-state index contributed by atoms with van der Waals surface area (Å²) in [7, 11) is 0. The lowest BCUT2D eigenvalue weighted by Gasteiger charge is -2.25. The number of piperidine rings is 1. The van der Waals surface area contributed by atoms with Crippen molar-refractivity contribution in [2.45, 2.75) is 26.2 Å². The van der Waals surface area contributed by atoms with Crippen molar-refractivity contribution in [3.8, 4) is 0 Å². The highest BCUT2D eigenvalue weighted by molar-refractivity contribution is 7.16. The van der Waals surface area contributed by atoms with Crippen molar-refractivity contribution in [3.05, 3.63) is 16.4 Å². The van der Waals surface area contributed by atoms with Gasteiger partial charge in [0.2, 0.25) is 5.83 Å². The second-order valence-corrected chi connectivity index (χ2v) is 5.30. The number of carbonyl (C=O) groups is 1. The molecule has 18 heavy (non-hydrogen) atoms. The zero-order valence-corrected chi connectivity index (χ0v) is 11.0. The first-order valence-corrected chi connectivity index (χ1v) is 6.72. The number of halogens is 1. The van der Waals surface area contributed by atoms with Crippen molar-refractivity contribution in [1.29, 1.82) is 0 Å². The molecule has 1 N–H and O–H groups in total. The Morgan fingerprint density at radius 3 is 2.72 bits per heavy atom. The molecule has 1 saturated heterocycles. The number of rotatable bonds is 3. The summed E-state index contributed by atoms with van der Waals surface area (Å²) in [5, 5.41) is 9.38. The third-order valence-electron chi connectivity index (χ3n) is 2.91. The number of anilines is 1. The van der Waals surface area contributed by atoms with Gasteiger partial charge in [0.15, 0.2) is 5.13 Å². The molecule has 0 saturated carbocycles. The maximum absolute atomic E-state index is 13.1. The van der Waals surface area contributed by atoms with E-state index < -0.39 is 11.8 Å². The minimum atomic E-state index is -1.54. The molecule has 0 amide bonds. The van der Waals surface area contributed by atoms with Gasteiger partial charge in [0, 0.05) is 19.2 Å². The highest BCUT2D eigenvalue weighted by Gasteiger charge is 2.17. The van der Waals surface area contributed by atoms with E-state index in [4.69, 9.17) is 5.11 Å². The van der Waals surface area contributed by atoms with Crippen molar-refractivity contribution < 1.29 is 14.3 Å². The van der Waals surface area contributed by atoms with Gasteiger partial charge in [-0.3, -0.25) is 0 Å². The molecule has 2 heterocycles. The van der Waals surface area contributed by atoms with E-state index in [2.05, 4.69) is 9.88 Å². The maximum Gasteiger partial charge on any atom is 0.364 e. The molecule has 98 valence electrons. The lowest BCUT2D eigenvalue weighted by molar-refractivity contribution is -0.134. The summed E-state index contributed by atoms with van der Waals surface area (Å²) < 4.78 is 13.1. The SMILES string of the molecule is Cc1nc(N2CCCCC2)sc1C=C(F)C(=O)O. The van der Waals surface area contributed by atoms with E-state index in [1.165, 1.54) is 17.8 Å². The van der Waals surface area contributed by atoms with Gasteiger partial charge in [0.05, 0.1) is 10.6 Å². The largest absolute Gasteiger partial charge is 0.476 e. The molecule has 0 spiro atoms. The number of nitrogens with zero attached hydrogens (tertiary/aromatic N) is 2. The molecular weight excluding hydrogens is 255 g/mol. The standard InChI is InChI=1S/C12H15FN2O2S/c1-8-10(7-9(13)11(16)17)18-12(14-8)15-5-3-2-4-6-15/h7H,2-6H2,1H3,(H,16,17). The van der Waals surface area contributed by atoms with Gasteiger partial charge >= 0.3 is 5.97 Å². The van der Waals surface area contributed by atoms with Crippen LogP contribution in [0, 0.1) is 6.92 Å². The fraction of sp³-hybridized carbons (Fsp3) is 0.500. The number of aromatic nitrogens is 1. The first kappa shape index (κ1) is 13.0.